The molecule has 1 aromatic heterocycles. The van der Waals surface area contributed by atoms with Crippen LogP contribution in [0.1, 0.15) is 29.4 Å². The molecule has 2 heterocycles. The zero-order chi connectivity index (χ0) is 15.8. The van der Waals surface area contributed by atoms with Crippen molar-refractivity contribution >= 4 is 23.6 Å². The summed E-state index contributed by atoms with van der Waals surface area (Å²) in [6.07, 6.45) is 2.15. The summed E-state index contributed by atoms with van der Waals surface area (Å²) in [6, 6.07) is 0. The van der Waals surface area contributed by atoms with Crippen molar-refractivity contribution in [1.82, 2.24) is 14.9 Å². The number of aromatic amines is 1. The quantitative estimate of drug-likeness (QED) is 0.630. The van der Waals surface area contributed by atoms with E-state index in [1.807, 2.05) is 0 Å². The Bertz CT molecular complexity index is 657. The van der Waals surface area contributed by atoms with Gasteiger partial charge in [0.25, 0.3) is 5.91 Å². The number of hydrogen-bond donors (Lipinski definition) is 2. The Kier molecular flexibility index (Phi) is 4.08. The smallest absolute Gasteiger partial charge is 0.346 e. The van der Waals surface area contributed by atoms with Gasteiger partial charge in [0.2, 0.25) is 0 Å². The highest BCUT2D eigenvalue weighted by molar-refractivity contribution is 7.98. The third kappa shape index (κ3) is 2.80. The van der Waals surface area contributed by atoms with Crippen LogP contribution in [0.4, 0.5) is 0 Å². The number of carboxylic acid groups (broad SMARTS) is 1. The summed E-state index contributed by atoms with van der Waals surface area (Å²) in [4.78, 5) is 43.1. The average molecular weight is 311 g/mol. The first-order chi connectivity index (χ1) is 9.78. The second-order valence-electron chi connectivity index (χ2n) is 5.39. The molecule has 0 radical (unpaired) electrons. The molecular weight excluding hydrogens is 294 g/mol. The van der Waals surface area contributed by atoms with E-state index >= 15 is 0 Å². The predicted molar refractivity (Wildman–Crippen MR) is 77.6 cm³/mol. The van der Waals surface area contributed by atoms with Gasteiger partial charge in [0, 0.05) is 18.8 Å². The van der Waals surface area contributed by atoms with Crippen LogP contribution in [0.2, 0.25) is 0 Å². The number of H-pyrrole nitrogens is 1. The van der Waals surface area contributed by atoms with E-state index in [0.29, 0.717) is 29.2 Å². The number of carbonyl (C=O) groups excluding carboxylic acids is 1. The largest absolute Gasteiger partial charge is 0.481 e. The number of nitrogens with one attached hydrogen (secondary N) is 1. The molecule has 2 N–H and O–H groups in total. The number of carbonyl (C=O) groups is 2. The Morgan fingerprint density at radius 1 is 1.48 bits per heavy atom. The Morgan fingerprint density at radius 2 is 2.14 bits per heavy atom. The van der Waals surface area contributed by atoms with Gasteiger partial charge < -0.3 is 15.0 Å². The van der Waals surface area contributed by atoms with E-state index in [0.717, 1.165) is 0 Å². The van der Waals surface area contributed by atoms with Crippen molar-refractivity contribution in [3.63, 3.8) is 0 Å². The summed E-state index contributed by atoms with van der Waals surface area (Å²) >= 11 is 1.22. The Morgan fingerprint density at radius 3 is 2.67 bits per heavy atom. The number of thioether (sulfide) groups is 1. The third-order valence-corrected chi connectivity index (χ3v) is 4.45. The van der Waals surface area contributed by atoms with Gasteiger partial charge in [-0.1, -0.05) is 0 Å². The molecule has 0 aliphatic carbocycles. The molecule has 114 valence electrons. The minimum Gasteiger partial charge on any atom is -0.481 e. The van der Waals surface area contributed by atoms with E-state index < -0.39 is 17.1 Å². The predicted octanol–water partition coefficient (Wildman–Crippen LogP) is 0.737. The minimum atomic E-state index is -0.918. The van der Waals surface area contributed by atoms with Crippen LogP contribution in [0.3, 0.4) is 0 Å². The number of aromatic nitrogens is 2. The molecule has 1 saturated heterocycles. The number of hydrogen-bond acceptors (Lipinski definition) is 5. The molecule has 2 rings (SSSR count). The van der Waals surface area contributed by atoms with Crippen molar-refractivity contribution in [2.75, 3.05) is 19.3 Å². The number of aliphatic carboxylic acids is 1. The second-order valence-corrected chi connectivity index (χ2v) is 6.19. The van der Waals surface area contributed by atoms with E-state index in [4.69, 9.17) is 0 Å². The summed E-state index contributed by atoms with van der Waals surface area (Å²) in [6.45, 7) is 3.82. The highest BCUT2D eigenvalue weighted by Crippen LogP contribution is 2.32. The van der Waals surface area contributed by atoms with Crippen LogP contribution in [-0.4, -0.2) is 51.2 Å². The van der Waals surface area contributed by atoms with Crippen molar-refractivity contribution < 1.29 is 14.7 Å². The van der Waals surface area contributed by atoms with Crippen LogP contribution < -0.4 is 5.69 Å². The number of nitrogens with zero attached hydrogens (tertiary/aromatic N) is 2. The average Bonchev–Trinajstić information content (AvgIpc) is 2.81. The zero-order valence-electron chi connectivity index (χ0n) is 12.1. The standard InChI is InChI=1S/C13H17N3O4S/c1-7-8(9(21-3)15-12(20)14-7)10(17)16-5-4-13(2,6-16)11(18)19/h4-6H2,1-3H3,(H,18,19)(H,14,15,20). The van der Waals surface area contributed by atoms with Gasteiger partial charge in [-0.05, 0) is 26.5 Å². The molecule has 1 fully saturated rings. The van der Waals surface area contributed by atoms with Crippen molar-refractivity contribution in [2.45, 2.75) is 25.3 Å². The lowest BCUT2D eigenvalue weighted by atomic mass is 9.90. The third-order valence-electron chi connectivity index (χ3n) is 3.77. The van der Waals surface area contributed by atoms with Crippen LogP contribution in [0.5, 0.6) is 0 Å². The van der Waals surface area contributed by atoms with Gasteiger partial charge in [-0.25, -0.2) is 4.79 Å². The number of amides is 1. The summed E-state index contributed by atoms with van der Waals surface area (Å²) < 4.78 is 0. The summed E-state index contributed by atoms with van der Waals surface area (Å²) in [5.41, 5.74) is -0.617. The van der Waals surface area contributed by atoms with Crippen molar-refractivity contribution in [2.24, 2.45) is 5.41 Å². The molecular formula is C13H17N3O4S. The first-order valence-corrected chi connectivity index (χ1v) is 7.68. The molecule has 0 aromatic carbocycles. The number of rotatable bonds is 3. The van der Waals surface area contributed by atoms with E-state index in [2.05, 4.69) is 9.97 Å². The second kappa shape index (κ2) is 5.51. The number of aryl methyl sites for hydroxylation is 1. The van der Waals surface area contributed by atoms with Gasteiger partial charge in [-0.3, -0.25) is 9.59 Å². The van der Waals surface area contributed by atoms with E-state index in [9.17, 15) is 19.5 Å². The molecule has 7 nitrogen and oxygen atoms in total. The van der Waals surface area contributed by atoms with Crippen LogP contribution >= 0.6 is 11.8 Å². The van der Waals surface area contributed by atoms with Gasteiger partial charge in [0.1, 0.15) is 5.03 Å². The first-order valence-electron chi connectivity index (χ1n) is 6.46. The molecule has 21 heavy (non-hydrogen) atoms. The van der Waals surface area contributed by atoms with E-state index in [1.54, 1.807) is 20.1 Å². The van der Waals surface area contributed by atoms with Crippen molar-refractivity contribution in [1.29, 1.82) is 0 Å². The fourth-order valence-electron chi connectivity index (χ4n) is 2.43. The number of carboxylic acids is 1. The minimum absolute atomic E-state index is 0.160. The van der Waals surface area contributed by atoms with Gasteiger partial charge in [0.05, 0.1) is 11.0 Å². The lowest BCUT2D eigenvalue weighted by Crippen LogP contribution is -2.36. The topological polar surface area (TPSA) is 103 Å². The Labute approximate surface area is 125 Å². The molecule has 1 aliphatic rings. The first kappa shape index (κ1) is 15.6. The SMILES string of the molecule is CSc1nc(=O)[nH]c(C)c1C(=O)N1CCC(C)(C(=O)O)C1. The van der Waals surface area contributed by atoms with Gasteiger partial charge in [-0.15, -0.1) is 11.8 Å². The molecule has 1 aliphatic heterocycles. The molecule has 1 atom stereocenters. The molecule has 0 saturated carbocycles. The van der Waals surface area contributed by atoms with Gasteiger partial charge in [-0.2, -0.15) is 4.98 Å². The van der Waals surface area contributed by atoms with E-state index in [1.165, 1.54) is 16.7 Å². The Balaban J connectivity index is 2.34. The maximum Gasteiger partial charge on any atom is 0.346 e. The maximum absolute atomic E-state index is 12.6. The molecule has 1 aromatic rings. The highest BCUT2D eigenvalue weighted by atomic mass is 32.2. The molecule has 1 amide bonds. The summed E-state index contributed by atoms with van der Waals surface area (Å²) in [5, 5.41) is 9.60. The monoisotopic (exact) mass is 311 g/mol. The lowest BCUT2D eigenvalue weighted by molar-refractivity contribution is -0.147. The Hall–Kier alpha value is -1.83. The summed E-state index contributed by atoms with van der Waals surface area (Å²) in [7, 11) is 0. The fraction of sp³-hybridized carbons (Fsp3) is 0.538. The molecule has 1 unspecified atom stereocenters. The zero-order valence-corrected chi connectivity index (χ0v) is 12.9. The highest BCUT2D eigenvalue weighted by Gasteiger charge is 2.42. The van der Waals surface area contributed by atoms with Gasteiger partial charge >= 0.3 is 11.7 Å². The van der Waals surface area contributed by atoms with Crippen LogP contribution in [0.15, 0.2) is 9.82 Å². The number of likely N-dealkylation sites (tertiary alicyclic amines) is 1. The van der Waals surface area contributed by atoms with Crippen LogP contribution in [-0.2, 0) is 4.79 Å². The van der Waals surface area contributed by atoms with Gasteiger partial charge in [0.15, 0.2) is 0 Å². The normalized spacial score (nSPS) is 21.6. The fourth-order valence-corrected chi connectivity index (χ4v) is 3.04. The maximum atomic E-state index is 12.6. The molecule has 0 spiro atoms. The van der Waals surface area contributed by atoms with E-state index in [-0.39, 0.29) is 12.5 Å². The summed E-state index contributed by atoms with van der Waals surface area (Å²) in [5.74, 6) is -1.19. The van der Waals surface area contributed by atoms with Crippen LogP contribution in [0.25, 0.3) is 0 Å². The van der Waals surface area contributed by atoms with Crippen LogP contribution in [0, 0.1) is 12.3 Å². The van der Waals surface area contributed by atoms with Crippen molar-refractivity contribution in [3.8, 4) is 0 Å². The molecule has 8 heteroatoms. The molecule has 0 bridgehead atoms. The lowest BCUT2D eigenvalue weighted by Gasteiger charge is -2.21. The van der Waals surface area contributed by atoms with Crippen molar-refractivity contribution in [3.05, 3.63) is 21.7 Å².